The molecule has 1 saturated heterocycles. The molecule has 0 spiro atoms. The van der Waals surface area contributed by atoms with Crippen LogP contribution >= 0.6 is 0 Å². The Balaban J connectivity index is 1.28. The summed E-state index contributed by atoms with van der Waals surface area (Å²) in [5, 5.41) is 3.79. The van der Waals surface area contributed by atoms with Crippen molar-refractivity contribution in [2.45, 2.75) is 38.1 Å². The van der Waals surface area contributed by atoms with Crippen LogP contribution in [0.15, 0.2) is 0 Å². The number of hydrogen-bond acceptors (Lipinski definition) is 3. The molecule has 0 radical (unpaired) electrons. The van der Waals surface area contributed by atoms with Gasteiger partial charge in [0.05, 0.1) is 13.2 Å². The van der Waals surface area contributed by atoms with Crippen molar-refractivity contribution in [3.63, 3.8) is 0 Å². The van der Waals surface area contributed by atoms with Gasteiger partial charge in [-0.15, -0.1) is 0 Å². The first-order chi connectivity index (χ1) is 8.42. The first-order valence-electron chi connectivity index (χ1n) is 7.45. The van der Waals surface area contributed by atoms with Crippen molar-refractivity contribution in [1.82, 2.24) is 10.2 Å². The molecular formula is C14H26N2O. The molecule has 98 valence electrons. The van der Waals surface area contributed by atoms with E-state index in [1.165, 1.54) is 45.2 Å². The Hall–Kier alpha value is -0.120. The zero-order valence-corrected chi connectivity index (χ0v) is 10.9. The number of rotatable bonds is 5. The Morgan fingerprint density at radius 2 is 2.00 bits per heavy atom. The maximum Gasteiger partial charge on any atom is 0.0594 e. The number of hydrogen-bond donors (Lipinski definition) is 1. The number of morpholine rings is 1. The molecule has 1 heterocycles. The van der Waals surface area contributed by atoms with Crippen LogP contribution < -0.4 is 5.32 Å². The van der Waals surface area contributed by atoms with Crippen molar-refractivity contribution in [3.05, 3.63) is 0 Å². The molecular weight excluding hydrogens is 212 g/mol. The molecule has 0 aromatic rings. The van der Waals surface area contributed by atoms with Crippen molar-refractivity contribution >= 4 is 0 Å². The number of nitrogens with zero attached hydrogens (tertiary/aromatic N) is 1. The second-order valence-electron chi connectivity index (χ2n) is 6.04. The molecule has 3 aliphatic rings. The van der Waals surface area contributed by atoms with E-state index >= 15 is 0 Å². The molecule has 17 heavy (non-hydrogen) atoms. The van der Waals surface area contributed by atoms with E-state index in [4.69, 9.17) is 4.74 Å². The molecule has 2 aliphatic carbocycles. The summed E-state index contributed by atoms with van der Waals surface area (Å²) in [5.41, 5.74) is 0. The second kappa shape index (κ2) is 5.68. The van der Waals surface area contributed by atoms with Crippen LogP contribution in [0.3, 0.4) is 0 Å². The highest BCUT2D eigenvalue weighted by molar-refractivity contribution is 4.93. The number of fused-ring (bicyclic) bond motifs is 2. The lowest BCUT2D eigenvalue weighted by Gasteiger charge is -2.27. The Morgan fingerprint density at radius 3 is 2.71 bits per heavy atom. The fraction of sp³-hybridized carbons (Fsp3) is 1.00. The maximum absolute atomic E-state index is 5.36. The van der Waals surface area contributed by atoms with Crippen molar-refractivity contribution in [3.8, 4) is 0 Å². The Bertz CT molecular complexity index is 240. The summed E-state index contributed by atoms with van der Waals surface area (Å²) >= 11 is 0. The van der Waals surface area contributed by atoms with Gasteiger partial charge < -0.3 is 10.1 Å². The van der Waals surface area contributed by atoms with Crippen LogP contribution in [0.4, 0.5) is 0 Å². The maximum atomic E-state index is 5.36. The molecule has 1 N–H and O–H groups in total. The van der Waals surface area contributed by atoms with E-state index in [0.29, 0.717) is 0 Å². The Kier molecular flexibility index (Phi) is 3.99. The van der Waals surface area contributed by atoms with Crippen molar-refractivity contribution in [1.29, 1.82) is 0 Å². The SMILES string of the molecule is C(CN[C@@H]1C[C@H]2CC[C@H]1C2)CN1CCOCC1. The van der Waals surface area contributed by atoms with Gasteiger partial charge in [-0.1, -0.05) is 6.42 Å². The van der Waals surface area contributed by atoms with Gasteiger partial charge in [-0.3, -0.25) is 4.90 Å². The lowest BCUT2D eigenvalue weighted by molar-refractivity contribution is 0.0373. The van der Waals surface area contributed by atoms with Crippen LogP contribution in [0.25, 0.3) is 0 Å². The van der Waals surface area contributed by atoms with Gasteiger partial charge in [-0.05, 0) is 50.6 Å². The molecule has 2 bridgehead atoms. The van der Waals surface area contributed by atoms with Crippen LogP contribution in [0.5, 0.6) is 0 Å². The summed E-state index contributed by atoms with van der Waals surface area (Å²) in [6, 6.07) is 0.860. The van der Waals surface area contributed by atoms with Gasteiger partial charge in [0, 0.05) is 19.1 Å². The average Bonchev–Trinajstić information content (AvgIpc) is 2.98. The highest BCUT2D eigenvalue weighted by atomic mass is 16.5. The highest BCUT2D eigenvalue weighted by Crippen LogP contribution is 2.44. The predicted molar refractivity (Wildman–Crippen MR) is 69.1 cm³/mol. The van der Waals surface area contributed by atoms with Crippen molar-refractivity contribution in [2.24, 2.45) is 11.8 Å². The minimum Gasteiger partial charge on any atom is -0.379 e. The van der Waals surface area contributed by atoms with E-state index in [-0.39, 0.29) is 0 Å². The molecule has 3 rings (SSSR count). The normalized spacial score (nSPS) is 37.8. The minimum absolute atomic E-state index is 0.860. The molecule has 0 aromatic heterocycles. The van der Waals surface area contributed by atoms with Gasteiger partial charge in [0.2, 0.25) is 0 Å². The Labute approximate surface area is 105 Å². The van der Waals surface area contributed by atoms with Gasteiger partial charge in [0.1, 0.15) is 0 Å². The monoisotopic (exact) mass is 238 g/mol. The lowest BCUT2D eigenvalue weighted by atomic mass is 9.95. The van der Waals surface area contributed by atoms with Crippen LogP contribution in [0, 0.1) is 11.8 Å². The first-order valence-corrected chi connectivity index (χ1v) is 7.45. The summed E-state index contributed by atoms with van der Waals surface area (Å²) < 4.78 is 5.36. The van der Waals surface area contributed by atoms with E-state index in [0.717, 1.165) is 44.2 Å². The molecule has 1 aliphatic heterocycles. The van der Waals surface area contributed by atoms with Crippen LogP contribution in [-0.2, 0) is 4.74 Å². The molecule has 3 fully saturated rings. The fourth-order valence-electron chi connectivity index (χ4n) is 3.91. The van der Waals surface area contributed by atoms with Crippen LogP contribution in [-0.4, -0.2) is 50.3 Å². The summed E-state index contributed by atoms with van der Waals surface area (Å²) in [7, 11) is 0. The van der Waals surface area contributed by atoms with Gasteiger partial charge in [-0.2, -0.15) is 0 Å². The second-order valence-corrected chi connectivity index (χ2v) is 6.04. The fourth-order valence-corrected chi connectivity index (χ4v) is 3.91. The summed E-state index contributed by atoms with van der Waals surface area (Å²) in [6.45, 7) is 6.59. The van der Waals surface area contributed by atoms with E-state index in [1.54, 1.807) is 0 Å². The van der Waals surface area contributed by atoms with Gasteiger partial charge in [-0.25, -0.2) is 0 Å². The molecule has 3 heteroatoms. The summed E-state index contributed by atoms with van der Waals surface area (Å²) in [5.74, 6) is 2.08. The first kappa shape index (κ1) is 11.9. The quantitative estimate of drug-likeness (QED) is 0.734. The zero-order valence-electron chi connectivity index (χ0n) is 10.9. The van der Waals surface area contributed by atoms with Gasteiger partial charge in [0.25, 0.3) is 0 Å². The number of ether oxygens (including phenoxy) is 1. The highest BCUT2D eigenvalue weighted by Gasteiger charge is 2.38. The Morgan fingerprint density at radius 1 is 1.12 bits per heavy atom. The van der Waals surface area contributed by atoms with E-state index in [9.17, 15) is 0 Å². The minimum atomic E-state index is 0.860. The predicted octanol–water partition coefficient (Wildman–Crippen LogP) is 1.49. The molecule has 3 atom stereocenters. The molecule has 0 amide bonds. The molecule has 0 aromatic carbocycles. The van der Waals surface area contributed by atoms with Gasteiger partial charge in [0.15, 0.2) is 0 Å². The third-order valence-electron chi connectivity index (χ3n) is 4.90. The van der Waals surface area contributed by atoms with Crippen LogP contribution in [0.2, 0.25) is 0 Å². The van der Waals surface area contributed by atoms with Crippen LogP contribution in [0.1, 0.15) is 32.1 Å². The zero-order chi connectivity index (χ0) is 11.5. The topological polar surface area (TPSA) is 24.5 Å². The van der Waals surface area contributed by atoms with Crippen molar-refractivity contribution in [2.75, 3.05) is 39.4 Å². The molecule has 2 saturated carbocycles. The largest absolute Gasteiger partial charge is 0.379 e. The number of nitrogens with one attached hydrogen (secondary N) is 1. The van der Waals surface area contributed by atoms with E-state index < -0.39 is 0 Å². The third-order valence-corrected chi connectivity index (χ3v) is 4.90. The van der Waals surface area contributed by atoms with Crippen molar-refractivity contribution < 1.29 is 4.74 Å². The standard InChI is InChI=1S/C14H26N2O/c1(5-16-6-8-17-9-7-16)4-15-14-11-12-2-3-13(14)10-12/h12-15H,1-11H2/t12-,13-,14+/m0/s1. The summed E-state index contributed by atoms with van der Waals surface area (Å²) in [4.78, 5) is 2.53. The van der Waals surface area contributed by atoms with Gasteiger partial charge >= 0.3 is 0 Å². The lowest BCUT2D eigenvalue weighted by Crippen LogP contribution is -2.39. The average molecular weight is 238 g/mol. The summed E-state index contributed by atoms with van der Waals surface area (Å²) in [6.07, 6.45) is 7.28. The molecule has 0 unspecified atom stereocenters. The van der Waals surface area contributed by atoms with E-state index in [1.807, 2.05) is 0 Å². The molecule has 3 nitrogen and oxygen atoms in total. The smallest absolute Gasteiger partial charge is 0.0594 e. The third kappa shape index (κ3) is 3.01. The van der Waals surface area contributed by atoms with E-state index in [2.05, 4.69) is 10.2 Å².